The van der Waals surface area contributed by atoms with Gasteiger partial charge in [-0.05, 0) is 49.2 Å². The first kappa shape index (κ1) is 20.3. The molecule has 0 saturated heterocycles. The quantitative estimate of drug-likeness (QED) is 0.476. The van der Waals surface area contributed by atoms with E-state index in [9.17, 15) is 9.18 Å². The van der Waals surface area contributed by atoms with Crippen molar-refractivity contribution in [1.82, 2.24) is 14.9 Å². The molecule has 2 aromatic carbocycles. The Morgan fingerprint density at radius 3 is 2.71 bits per heavy atom. The number of nitrogens with one attached hydrogen (secondary N) is 1. The number of anilines is 1. The molecular weight excluding hydrogens is 399 g/mol. The van der Waals surface area contributed by atoms with Gasteiger partial charge in [0.15, 0.2) is 5.69 Å². The molecule has 0 aliphatic rings. The SMILES string of the molecule is Cc1ccccc1Cn1cc(NC(=O)c2noc(C)c2COc2ccc(F)cc2)cn1. The van der Waals surface area contributed by atoms with Gasteiger partial charge < -0.3 is 14.6 Å². The summed E-state index contributed by atoms with van der Waals surface area (Å²) in [5, 5.41) is 11.0. The summed E-state index contributed by atoms with van der Waals surface area (Å²) in [5.74, 6) is 0.176. The Balaban J connectivity index is 1.43. The largest absolute Gasteiger partial charge is 0.489 e. The van der Waals surface area contributed by atoms with Gasteiger partial charge in [-0.1, -0.05) is 29.4 Å². The number of rotatable bonds is 7. The van der Waals surface area contributed by atoms with E-state index >= 15 is 0 Å². The summed E-state index contributed by atoms with van der Waals surface area (Å²) in [6, 6.07) is 13.7. The van der Waals surface area contributed by atoms with Crippen LogP contribution in [0.1, 0.15) is 32.9 Å². The maximum atomic E-state index is 13.0. The van der Waals surface area contributed by atoms with Gasteiger partial charge in [0.25, 0.3) is 5.91 Å². The summed E-state index contributed by atoms with van der Waals surface area (Å²) in [6.07, 6.45) is 3.34. The van der Waals surface area contributed by atoms with Crippen molar-refractivity contribution in [1.29, 1.82) is 0 Å². The first-order valence-corrected chi connectivity index (χ1v) is 9.71. The fourth-order valence-corrected chi connectivity index (χ4v) is 3.09. The van der Waals surface area contributed by atoms with Crippen LogP contribution in [0.4, 0.5) is 10.1 Å². The summed E-state index contributed by atoms with van der Waals surface area (Å²) in [4.78, 5) is 12.8. The summed E-state index contributed by atoms with van der Waals surface area (Å²) in [7, 11) is 0. The zero-order chi connectivity index (χ0) is 21.8. The van der Waals surface area contributed by atoms with E-state index in [-0.39, 0.29) is 18.1 Å². The maximum Gasteiger partial charge on any atom is 0.278 e. The van der Waals surface area contributed by atoms with E-state index in [1.54, 1.807) is 24.0 Å². The van der Waals surface area contributed by atoms with Gasteiger partial charge >= 0.3 is 0 Å². The zero-order valence-electron chi connectivity index (χ0n) is 17.1. The van der Waals surface area contributed by atoms with E-state index in [2.05, 4.69) is 15.6 Å². The van der Waals surface area contributed by atoms with Crippen LogP contribution in [0, 0.1) is 19.7 Å². The Hall–Kier alpha value is -3.94. The molecule has 0 radical (unpaired) electrons. The lowest BCUT2D eigenvalue weighted by molar-refractivity contribution is 0.101. The average molecular weight is 420 g/mol. The first-order chi connectivity index (χ1) is 15.0. The maximum absolute atomic E-state index is 13.0. The highest BCUT2D eigenvalue weighted by Gasteiger charge is 2.21. The number of carbonyl (C=O) groups is 1. The summed E-state index contributed by atoms with van der Waals surface area (Å²) in [5.41, 5.74) is 3.52. The highest BCUT2D eigenvalue weighted by molar-refractivity contribution is 6.03. The average Bonchev–Trinajstić information content (AvgIpc) is 3.35. The third-order valence-electron chi connectivity index (χ3n) is 4.88. The fourth-order valence-electron chi connectivity index (χ4n) is 3.09. The predicted molar refractivity (Wildman–Crippen MR) is 112 cm³/mol. The fraction of sp³-hybridized carbons (Fsp3) is 0.174. The number of ether oxygens (including phenoxy) is 1. The van der Waals surface area contributed by atoms with Gasteiger partial charge in [0.05, 0.1) is 24.0 Å². The molecule has 0 saturated carbocycles. The summed E-state index contributed by atoms with van der Waals surface area (Å²) >= 11 is 0. The van der Waals surface area contributed by atoms with Crippen LogP contribution in [0.15, 0.2) is 65.4 Å². The Kier molecular flexibility index (Phi) is 5.79. The lowest BCUT2D eigenvalue weighted by Crippen LogP contribution is -2.15. The topological polar surface area (TPSA) is 82.2 Å². The van der Waals surface area contributed by atoms with Gasteiger partial charge in [-0.2, -0.15) is 5.10 Å². The molecule has 0 fully saturated rings. The molecule has 2 aromatic heterocycles. The minimum Gasteiger partial charge on any atom is -0.489 e. The molecule has 0 bridgehead atoms. The number of nitrogens with zero attached hydrogens (tertiary/aromatic N) is 3. The second-order valence-electron chi connectivity index (χ2n) is 7.12. The van der Waals surface area contributed by atoms with Crippen molar-refractivity contribution in [2.45, 2.75) is 27.0 Å². The van der Waals surface area contributed by atoms with E-state index in [1.807, 2.05) is 31.2 Å². The number of hydrogen-bond acceptors (Lipinski definition) is 5. The van der Waals surface area contributed by atoms with Crippen LogP contribution in [-0.4, -0.2) is 20.8 Å². The Labute approximate surface area is 178 Å². The Bertz CT molecular complexity index is 1200. The van der Waals surface area contributed by atoms with Crippen LogP contribution in [0.3, 0.4) is 0 Å². The van der Waals surface area contributed by atoms with Crippen LogP contribution in [-0.2, 0) is 13.2 Å². The Morgan fingerprint density at radius 2 is 1.94 bits per heavy atom. The van der Waals surface area contributed by atoms with Crippen molar-refractivity contribution in [3.8, 4) is 5.75 Å². The molecule has 4 aromatic rings. The number of benzene rings is 2. The molecule has 0 spiro atoms. The molecule has 2 heterocycles. The van der Waals surface area contributed by atoms with Crippen molar-refractivity contribution in [2.24, 2.45) is 0 Å². The minimum absolute atomic E-state index is 0.0657. The highest BCUT2D eigenvalue weighted by atomic mass is 19.1. The van der Waals surface area contributed by atoms with Gasteiger partial charge in [-0.3, -0.25) is 9.48 Å². The van der Waals surface area contributed by atoms with Crippen molar-refractivity contribution in [3.63, 3.8) is 0 Å². The van der Waals surface area contributed by atoms with Crippen LogP contribution in [0.5, 0.6) is 5.75 Å². The monoisotopic (exact) mass is 420 g/mol. The third kappa shape index (κ3) is 4.80. The number of halogens is 1. The molecule has 158 valence electrons. The molecule has 0 aliphatic heterocycles. The summed E-state index contributed by atoms with van der Waals surface area (Å²) in [6.45, 7) is 4.41. The van der Waals surface area contributed by atoms with Crippen molar-refractivity contribution < 1.29 is 18.4 Å². The molecule has 8 heteroatoms. The molecule has 31 heavy (non-hydrogen) atoms. The number of carbonyl (C=O) groups excluding carboxylic acids is 1. The summed E-state index contributed by atoms with van der Waals surface area (Å²) < 4.78 is 25.6. The van der Waals surface area contributed by atoms with E-state index in [0.29, 0.717) is 29.3 Å². The zero-order valence-corrected chi connectivity index (χ0v) is 17.1. The van der Waals surface area contributed by atoms with Crippen LogP contribution in [0.2, 0.25) is 0 Å². The smallest absolute Gasteiger partial charge is 0.278 e. The van der Waals surface area contributed by atoms with E-state index in [0.717, 1.165) is 5.56 Å². The van der Waals surface area contributed by atoms with E-state index < -0.39 is 5.91 Å². The molecule has 1 N–H and O–H groups in total. The molecular formula is C23H21FN4O3. The molecule has 0 aliphatic carbocycles. The molecule has 4 rings (SSSR count). The Morgan fingerprint density at radius 1 is 1.16 bits per heavy atom. The standard InChI is InChI=1S/C23H21FN4O3/c1-15-5-3-4-6-17(15)12-28-13-19(11-25-28)26-23(29)22-21(16(2)31-27-22)14-30-20-9-7-18(24)8-10-20/h3-11,13H,12,14H2,1-2H3,(H,26,29). The van der Waals surface area contributed by atoms with Crippen molar-refractivity contribution in [2.75, 3.05) is 5.32 Å². The number of aryl methyl sites for hydroxylation is 2. The van der Waals surface area contributed by atoms with E-state index in [1.165, 1.54) is 29.8 Å². The lowest BCUT2D eigenvalue weighted by Gasteiger charge is -2.07. The van der Waals surface area contributed by atoms with E-state index in [4.69, 9.17) is 9.26 Å². The van der Waals surface area contributed by atoms with Crippen LogP contribution in [0.25, 0.3) is 0 Å². The van der Waals surface area contributed by atoms with Crippen molar-refractivity contribution >= 4 is 11.6 Å². The number of hydrogen-bond donors (Lipinski definition) is 1. The van der Waals surface area contributed by atoms with Gasteiger partial charge in [-0.15, -0.1) is 0 Å². The highest BCUT2D eigenvalue weighted by Crippen LogP contribution is 2.20. The van der Waals surface area contributed by atoms with Gasteiger partial charge in [-0.25, -0.2) is 4.39 Å². The minimum atomic E-state index is -0.426. The van der Waals surface area contributed by atoms with Gasteiger partial charge in [0, 0.05) is 6.20 Å². The third-order valence-corrected chi connectivity index (χ3v) is 4.88. The molecule has 7 nitrogen and oxygen atoms in total. The van der Waals surface area contributed by atoms with Crippen LogP contribution >= 0.6 is 0 Å². The van der Waals surface area contributed by atoms with Crippen LogP contribution < -0.4 is 10.1 Å². The molecule has 0 unspecified atom stereocenters. The lowest BCUT2D eigenvalue weighted by atomic mass is 10.1. The van der Waals surface area contributed by atoms with Crippen molar-refractivity contribution in [3.05, 3.63) is 94.9 Å². The normalized spacial score (nSPS) is 10.8. The van der Waals surface area contributed by atoms with Gasteiger partial charge in [0.2, 0.25) is 0 Å². The number of amides is 1. The second kappa shape index (κ2) is 8.83. The first-order valence-electron chi connectivity index (χ1n) is 9.71. The molecule has 1 amide bonds. The predicted octanol–water partition coefficient (Wildman–Crippen LogP) is 4.51. The van der Waals surface area contributed by atoms with Gasteiger partial charge in [0.1, 0.15) is 23.9 Å². The second-order valence-corrected chi connectivity index (χ2v) is 7.12. The number of aromatic nitrogens is 3. The molecule has 0 atom stereocenters.